The summed E-state index contributed by atoms with van der Waals surface area (Å²) in [6, 6.07) is 0. The predicted molar refractivity (Wildman–Crippen MR) is 133 cm³/mol. The van der Waals surface area contributed by atoms with Gasteiger partial charge in [0.2, 0.25) is 0 Å². The fourth-order valence-corrected chi connectivity index (χ4v) is 8.48. The highest BCUT2D eigenvalue weighted by Crippen LogP contribution is 2.74. The third kappa shape index (κ3) is 3.20. The molecule has 0 radical (unpaired) electrons. The SMILES string of the molecule is CC(C)=C/C=C/[C@@H](C)[C@H]1CC[C@@]2(C)[C@@H]3CC=C4C(=CC[C@@H](O)C4(C)C)[C@]3(C)CC[C@]12C. The quantitative estimate of drug-likeness (QED) is 0.456. The van der Waals surface area contributed by atoms with E-state index in [1.807, 2.05) is 0 Å². The van der Waals surface area contributed by atoms with E-state index in [1.54, 1.807) is 5.57 Å². The molecule has 1 N–H and O–H groups in total. The zero-order valence-electron chi connectivity index (χ0n) is 21.4. The first-order chi connectivity index (χ1) is 14.4. The predicted octanol–water partition coefficient (Wildman–Crippen LogP) is 8.03. The summed E-state index contributed by atoms with van der Waals surface area (Å²) in [6.45, 7) is 19.2. The Morgan fingerprint density at radius 3 is 2.32 bits per heavy atom. The van der Waals surface area contributed by atoms with Crippen molar-refractivity contribution in [1.29, 1.82) is 0 Å². The lowest BCUT2D eigenvalue weighted by Gasteiger charge is -2.63. The molecule has 0 aromatic heterocycles. The molecular formula is C30H46O. The van der Waals surface area contributed by atoms with Gasteiger partial charge in [0.05, 0.1) is 6.10 Å². The van der Waals surface area contributed by atoms with Crippen molar-refractivity contribution in [3.63, 3.8) is 0 Å². The van der Waals surface area contributed by atoms with Crippen LogP contribution in [0.1, 0.15) is 93.9 Å². The monoisotopic (exact) mass is 422 g/mol. The van der Waals surface area contributed by atoms with Crippen LogP contribution in [-0.2, 0) is 0 Å². The normalized spacial score (nSPS) is 44.6. The highest BCUT2D eigenvalue weighted by molar-refractivity contribution is 5.48. The third-order valence-electron chi connectivity index (χ3n) is 10.8. The molecule has 172 valence electrons. The van der Waals surface area contributed by atoms with Crippen molar-refractivity contribution in [2.45, 2.75) is 100 Å². The lowest BCUT2D eigenvalue weighted by atomic mass is 9.41. The topological polar surface area (TPSA) is 20.2 Å². The molecule has 0 aromatic carbocycles. The molecule has 0 unspecified atom stereocenters. The van der Waals surface area contributed by atoms with Crippen molar-refractivity contribution in [3.8, 4) is 0 Å². The summed E-state index contributed by atoms with van der Waals surface area (Å²) >= 11 is 0. The molecule has 0 bridgehead atoms. The highest BCUT2D eigenvalue weighted by atomic mass is 16.3. The van der Waals surface area contributed by atoms with E-state index in [0.717, 1.165) is 12.3 Å². The molecule has 0 saturated heterocycles. The number of allylic oxidation sites excluding steroid dienone is 6. The Labute approximate surface area is 191 Å². The Kier molecular flexibility index (Phi) is 5.57. The summed E-state index contributed by atoms with van der Waals surface area (Å²) in [6.07, 6.45) is 19.0. The molecule has 4 aliphatic rings. The maximum Gasteiger partial charge on any atom is 0.0666 e. The summed E-state index contributed by atoms with van der Waals surface area (Å²) in [5.41, 5.74) is 5.33. The van der Waals surface area contributed by atoms with E-state index in [0.29, 0.717) is 22.7 Å². The van der Waals surface area contributed by atoms with Gasteiger partial charge < -0.3 is 5.11 Å². The van der Waals surface area contributed by atoms with Crippen molar-refractivity contribution < 1.29 is 5.11 Å². The highest BCUT2D eigenvalue weighted by Gasteiger charge is 2.66. The van der Waals surface area contributed by atoms with Gasteiger partial charge in [-0.1, -0.05) is 77.5 Å². The lowest BCUT2D eigenvalue weighted by molar-refractivity contribution is -0.101. The van der Waals surface area contributed by atoms with Gasteiger partial charge in [-0.05, 0) is 97.5 Å². The first-order valence-electron chi connectivity index (χ1n) is 12.8. The summed E-state index contributed by atoms with van der Waals surface area (Å²) < 4.78 is 0. The molecule has 1 nitrogen and oxygen atoms in total. The van der Waals surface area contributed by atoms with E-state index in [9.17, 15) is 5.11 Å². The molecule has 0 amide bonds. The van der Waals surface area contributed by atoms with Gasteiger partial charge in [0.1, 0.15) is 0 Å². The third-order valence-corrected chi connectivity index (χ3v) is 10.8. The van der Waals surface area contributed by atoms with E-state index in [-0.39, 0.29) is 16.9 Å². The molecule has 31 heavy (non-hydrogen) atoms. The van der Waals surface area contributed by atoms with Gasteiger partial charge in [-0.15, -0.1) is 0 Å². The Balaban J connectivity index is 1.68. The zero-order chi connectivity index (χ0) is 22.8. The van der Waals surface area contributed by atoms with Gasteiger partial charge in [0, 0.05) is 5.41 Å². The molecule has 4 aliphatic carbocycles. The molecule has 4 rings (SSSR count). The van der Waals surface area contributed by atoms with Gasteiger partial charge in [-0.25, -0.2) is 0 Å². The van der Waals surface area contributed by atoms with Crippen molar-refractivity contribution in [3.05, 3.63) is 47.1 Å². The second-order valence-corrected chi connectivity index (χ2v) is 12.9. The summed E-state index contributed by atoms with van der Waals surface area (Å²) in [5.74, 6) is 2.11. The molecule has 1 heteroatoms. The van der Waals surface area contributed by atoms with Gasteiger partial charge in [-0.2, -0.15) is 0 Å². The van der Waals surface area contributed by atoms with E-state index < -0.39 is 0 Å². The van der Waals surface area contributed by atoms with Crippen LogP contribution in [-0.4, -0.2) is 11.2 Å². The summed E-state index contributed by atoms with van der Waals surface area (Å²) in [5, 5.41) is 10.7. The number of hydrogen-bond donors (Lipinski definition) is 1. The van der Waals surface area contributed by atoms with Crippen LogP contribution in [0.5, 0.6) is 0 Å². The standard InChI is InChI=1S/C30H46O/c1-20(2)10-9-11-21(3)22-16-17-30(8)25-14-12-23-24(13-15-26(31)27(23,4)5)28(25,6)18-19-29(22,30)7/h9-13,21-22,25-26,31H,14-19H2,1-8H3/b11-9+/t21-,22-,25-,26-,28+,29-,30+/m1/s1. The molecular weight excluding hydrogens is 376 g/mol. The first-order valence-corrected chi connectivity index (χ1v) is 12.8. The molecule has 7 atom stereocenters. The van der Waals surface area contributed by atoms with Crippen molar-refractivity contribution in [2.75, 3.05) is 0 Å². The van der Waals surface area contributed by atoms with Crippen LogP contribution in [0.4, 0.5) is 0 Å². The van der Waals surface area contributed by atoms with Gasteiger partial charge in [0.15, 0.2) is 0 Å². The van der Waals surface area contributed by atoms with Crippen LogP contribution < -0.4 is 0 Å². The van der Waals surface area contributed by atoms with E-state index in [4.69, 9.17) is 0 Å². The van der Waals surface area contributed by atoms with Crippen molar-refractivity contribution >= 4 is 0 Å². The second kappa shape index (κ2) is 7.47. The van der Waals surface area contributed by atoms with E-state index >= 15 is 0 Å². The van der Waals surface area contributed by atoms with Gasteiger partial charge in [-0.3, -0.25) is 0 Å². The van der Waals surface area contributed by atoms with E-state index in [2.05, 4.69) is 85.8 Å². The largest absolute Gasteiger partial charge is 0.392 e. The first kappa shape index (κ1) is 23.1. The zero-order valence-corrected chi connectivity index (χ0v) is 21.4. The maximum absolute atomic E-state index is 10.7. The number of fused-ring (bicyclic) bond motifs is 5. The number of aliphatic hydroxyl groups excluding tert-OH is 1. The number of hydrogen-bond acceptors (Lipinski definition) is 1. The lowest BCUT2D eigenvalue weighted by Crippen LogP contribution is -2.56. The molecule has 0 aliphatic heterocycles. The number of aliphatic hydroxyl groups is 1. The van der Waals surface area contributed by atoms with Crippen LogP contribution >= 0.6 is 0 Å². The maximum atomic E-state index is 10.7. The fraction of sp³-hybridized carbons (Fsp3) is 0.733. The average Bonchev–Trinajstić information content (AvgIpc) is 2.96. The van der Waals surface area contributed by atoms with Crippen LogP contribution in [0.15, 0.2) is 47.1 Å². The minimum atomic E-state index is -0.253. The average molecular weight is 423 g/mol. The minimum Gasteiger partial charge on any atom is -0.392 e. The Morgan fingerprint density at radius 2 is 1.65 bits per heavy atom. The van der Waals surface area contributed by atoms with Crippen LogP contribution in [0, 0.1) is 39.4 Å². The van der Waals surface area contributed by atoms with Crippen LogP contribution in [0.3, 0.4) is 0 Å². The van der Waals surface area contributed by atoms with Crippen molar-refractivity contribution in [1.82, 2.24) is 0 Å². The van der Waals surface area contributed by atoms with Gasteiger partial charge in [0.25, 0.3) is 0 Å². The van der Waals surface area contributed by atoms with Crippen molar-refractivity contribution in [2.24, 2.45) is 39.4 Å². The smallest absolute Gasteiger partial charge is 0.0666 e. The molecule has 2 saturated carbocycles. The second-order valence-electron chi connectivity index (χ2n) is 12.9. The van der Waals surface area contributed by atoms with Gasteiger partial charge >= 0.3 is 0 Å². The van der Waals surface area contributed by atoms with E-state index in [1.165, 1.54) is 43.3 Å². The Bertz CT molecular complexity index is 850. The Morgan fingerprint density at radius 1 is 0.968 bits per heavy atom. The van der Waals surface area contributed by atoms with Crippen LogP contribution in [0.2, 0.25) is 0 Å². The molecule has 0 heterocycles. The summed E-state index contributed by atoms with van der Waals surface area (Å²) in [4.78, 5) is 0. The summed E-state index contributed by atoms with van der Waals surface area (Å²) in [7, 11) is 0. The Hall–Kier alpha value is -1.08. The molecule has 2 fully saturated rings. The number of rotatable bonds is 3. The molecule has 0 aromatic rings. The molecule has 0 spiro atoms. The minimum absolute atomic E-state index is 0.123. The van der Waals surface area contributed by atoms with Crippen LogP contribution in [0.25, 0.3) is 0 Å². The fourth-order valence-electron chi connectivity index (χ4n) is 8.48.